The van der Waals surface area contributed by atoms with E-state index in [4.69, 9.17) is 0 Å². The van der Waals surface area contributed by atoms with E-state index in [0.717, 1.165) is 11.8 Å². The highest BCUT2D eigenvalue weighted by Crippen LogP contribution is 2.18. The second-order valence-corrected chi connectivity index (χ2v) is 4.17. The average molecular weight is 248 g/mol. The van der Waals surface area contributed by atoms with Crippen molar-refractivity contribution in [3.63, 3.8) is 0 Å². The van der Waals surface area contributed by atoms with Crippen LogP contribution in [-0.4, -0.2) is 26.2 Å². The molecule has 0 fully saturated rings. The normalized spacial score (nSPS) is 10.2. The zero-order chi connectivity index (χ0) is 12.3. The summed E-state index contributed by atoms with van der Waals surface area (Å²) in [5, 5.41) is 0.846. The van der Waals surface area contributed by atoms with Gasteiger partial charge in [0.15, 0.2) is 16.6 Å². The van der Waals surface area contributed by atoms with Gasteiger partial charge in [0.1, 0.15) is 0 Å². The second kappa shape index (κ2) is 4.88. The molecule has 0 atom stereocenters. The molecule has 2 heterocycles. The first-order valence-electron chi connectivity index (χ1n) is 4.70. The summed E-state index contributed by atoms with van der Waals surface area (Å²) in [5.74, 6) is 0. The summed E-state index contributed by atoms with van der Waals surface area (Å²) in [4.78, 5) is 36.3. The summed E-state index contributed by atoms with van der Waals surface area (Å²) in [7, 11) is 0. The molecular weight excluding hydrogens is 240 g/mol. The van der Waals surface area contributed by atoms with Crippen LogP contribution in [0.25, 0.3) is 0 Å². The minimum atomic E-state index is -0.218. The van der Waals surface area contributed by atoms with E-state index in [0.29, 0.717) is 27.9 Å². The third kappa shape index (κ3) is 2.97. The number of carbonyl (C=O) groups is 1. The topological polar surface area (TPSA) is 88.6 Å². The molecule has 1 N–H and O–H groups in total. The Balaban J connectivity index is 2.24. The number of aromatic amines is 1. The predicted molar refractivity (Wildman–Crippen MR) is 61.1 cm³/mol. The van der Waals surface area contributed by atoms with Crippen LogP contribution in [0.15, 0.2) is 33.6 Å². The van der Waals surface area contributed by atoms with Crippen molar-refractivity contribution in [3.05, 3.63) is 40.1 Å². The van der Waals surface area contributed by atoms with Crippen molar-refractivity contribution >= 4 is 18.0 Å². The van der Waals surface area contributed by atoms with Crippen molar-refractivity contribution < 1.29 is 4.79 Å². The predicted octanol–water partition coefficient (Wildman–Crippen LogP) is 0.832. The second-order valence-electron chi connectivity index (χ2n) is 3.21. The van der Waals surface area contributed by atoms with Crippen LogP contribution in [0.1, 0.15) is 16.1 Å². The fourth-order valence-electron chi connectivity index (χ4n) is 1.13. The number of nitrogens with zero attached hydrogens (tertiary/aromatic N) is 3. The molecule has 2 rings (SSSR count). The number of carbonyl (C=O) groups excluding carboxylic acids is 1. The number of hydrogen-bond donors (Lipinski definition) is 1. The first-order chi connectivity index (χ1) is 8.17. The molecule has 0 aliphatic heterocycles. The largest absolute Gasteiger partial charge is 0.301 e. The molecule has 0 aliphatic carbocycles. The Morgan fingerprint density at radius 3 is 2.65 bits per heavy atom. The van der Waals surface area contributed by atoms with Crippen LogP contribution in [0.4, 0.5) is 0 Å². The van der Waals surface area contributed by atoms with Crippen LogP contribution in [-0.2, 0) is 0 Å². The van der Waals surface area contributed by atoms with Gasteiger partial charge in [0, 0.05) is 24.2 Å². The summed E-state index contributed by atoms with van der Waals surface area (Å²) in [6, 6.07) is 1.40. The van der Waals surface area contributed by atoms with Gasteiger partial charge in [0.2, 0.25) is 0 Å². The van der Waals surface area contributed by atoms with Crippen LogP contribution in [0.2, 0.25) is 0 Å². The number of H-pyrrole nitrogens is 1. The summed E-state index contributed by atoms with van der Waals surface area (Å²) in [6.45, 7) is 1.73. The molecule has 0 aliphatic rings. The zero-order valence-corrected chi connectivity index (χ0v) is 9.69. The smallest absolute Gasteiger partial charge is 0.251 e. The highest BCUT2D eigenvalue weighted by molar-refractivity contribution is 7.99. The van der Waals surface area contributed by atoms with Gasteiger partial charge in [0.05, 0.1) is 5.56 Å². The Morgan fingerprint density at radius 1 is 1.35 bits per heavy atom. The lowest BCUT2D eigenvalue weighted by Gasteiger charge is -1.99. The van der Waals surface area contributed by atoms with E-state index >= 15 is 0 Å². The van der Waals surface area contributed by atoms with Gasteiger partial charge in [-0.2, -0.15) is 0 Å². The van der Waals surface area contributed by atoms with Gasteiger partial charge >= 0.3 is 0 Å². The molecule has 0 amide bonds. The Labute approximate surface area is 101 Å². The molecule has 17 heavy (non-hydrogen) atoms. The lowest BCUT2D eigenvalue weighted by molar-refractivity contribution is 0.112. The Hall–Kier alpha value is -2.02. The highest BCUT2D eigenvalue weighted by Gasteiger charge is 2.04. The van der Waals surface area contributed by atoms with E-state index in [2.05, 4.69) is 19.9 Å². The van der Waals surface area contributed by atoms with Crippen molar-refractivity contribution in [2.75, 3.05) is 0 Å². The Kier molecular flexibility index (Phi) is 3.29. The molecule has 0 unspecified atom stereocenters. The van der Waals surface area contributed by atoms with Gasteiger partial charge in [-0.25, -0.2) is 15.0 Å². The van der Waals surface area contributed by atoms with Crippen molar-refractivity contribution in [3.8, 4) is 0 Å². The molecule has 0 saturated heterocycles. The van der Waals surface area contributed by atoms with Crippen LogP contribution in [0.3, 0.4) is 0 Å². The number of aldehydes is 1. The molecule has 0 spiro atoms. The molecule has 0 bridgehead atoms. The van der Waals surface area contributed by atoms with Gasteiger partial charge in [-0.15, -0.1) is 0 Å². The molecule has 0 saturated carbocycles. The zero-order valence-electron chi connectivity index (χ0n) is 8.88. The number of nitrogens with one attached hydrogen (secondary N) is 1. The van der Waals surface area contributed by atoms with Crippen molar-refractivity contribution in [2.24, 2.45) is 0 Å². The Morgan fingerprint density at radius 2 is 2.06 bits per heavy atom. The maximum atomic E-state index is 11.2. The Bertz CT molecular complexity index is 594. The third-order valence-corrected chi connectivity index (χ3v) is 2.60. The summed E-state index contributed by atoms with van der Waals surface area (Å²) in [5.41, 5.74) is 0.810. The summed E-state index contributed by atoms with van der Waals surface area (Å²) >= 11 is 1.13. The maximum absolute atomic E-state index is 11.2. The average Bonchev–Trinajstić information content (AvgIpc) is 2.28. The minimum absolute atomic E-state index is 0.218. The van der Waals surface area contributed by atoms with E-state index in [1.807, 2.05) is 0 Å². The highest BCUT2D eigenvalue weighted by atomic mass is 32.2. The third-order valence-electron chi connectivity index (χ3n) is 1.82. The van der Waals surface area contributed by atoms with E-state index in [1.54, 1.807) is 6.92 Å². The fourth-order valence-corrected chi connectivity index (χ4v) is 1.85. The van der Waals surface area contributed by atoms with Gasteiger partial charge < -0.3 is 4.98 Å². The molecule has 0 radical (unpaired) electrons. The molecule has 7 heteroatoms. The minimum Gasteiger partial charge on any atom is -0.301 e. The quantitative estimate of drug-likeness (QED) is 0.639. The standard InChI is InChI=1S/C10H8N4O2S/c1-6-2-8(16)14-10(13-6)17-9-11-3-7(5-15)4-12-9/h2-5H,1H3,(H,13,14,16). The number of aromatic nitrogens is 4. The van der Waals surface area contributed by atoms with E-state index < -0.39 is 0 Å². The fraction of sp³-hybridized carbons (Fsp3) is 0.100. The van der Waals surface area contributed by atoms with Crippen LogP contribution in [0.5, 0.6) is 0 Å². The van der Waals surface area contributed by atoms with E-state index in [9.17, 15) is 9.59 Å². The maximum Gasteiger partial charge on any atom is 0.251 e. The number of hydrogen-bond acceptors (Lipinski definition) is 6. The number of aryl methyl sites for hydroxylation is 1. The van der Waals surface area contributed by atoms with Crippen LogP contribution in [0, 0.1) is 6.92 Å². The first-order valence-corrected chi connectivity index (χ1v) is 5.52. The van der Waals surface area contributed by atoms with Crippen molar-refractivity contribution in [2.45, 2.75) is 17.2 Å². The van der Waals surface area contributed by atoms with Crippen LogP contribution < -0.4 is 5.56 Å². The molecular formula is C10H8N4O2S. The van der Waals surface area contributed by atoms with Gasteiger partial charge in [0.25, 0.3) is 5.56 Å². The summed E-state index contributed by atoms with van der Waals surface area (Å²) in [6.07, 6.45) is 3.49. The molecule has 0 aromatic carbocycles. The first kappa shape index (κ1) is 11.5. The van der Waals surface area contributed by atoms with E-state index in [-0.39, 0.29) is 5.56 Å². The van der Waals surface area contributed by atoms with Crippen molar-refractivity contribution in [1.82, 2.24) is 19.9 Å². The SMILES string of the molecule is Cc1cc(=O)[nH]c(Sc2ncc(C=O)cn2)n1. The lowest BCUT2D eigenvalue weighted by atomic mass is 10.4. The lowest BCUT2D eigenvalue weighted by Crippen LogP contribution is -2.08. The number of rotatable bonds is 3. The molecule has 86 valence electrons. The van der Waals surface area contributed by atoms with Crippen molar-refractivity contribution in [1.29, 1.82) is 0 Å². The van der Waals surface area contributed by atoms with Gasteiger partial charge in [-0.3, -0.25) is 9.59 Å². The van der Waals surface area contributed by atoms with Gasteiger partial charge in [-0.05, 0) is 18.7 Å². The van der Waals surface area contributed by atoms with Crippen LogP contribution >= 0.6 is 11.8 Å². The molecule has 2 aromatic heterocycles. The molecule has 6 nitrogen and oxygen atoms in total. The molecule has 2 aromatic rings. The van der Waals surface area contributed by atoms with Gasteiger partial charge in [-0.1, -0.05) is 0 Å². The summed E-state index contributed by atoms with van der Waals surface area (Å²) < 4.78 is 0. The van der Waals surface area contributed by atoms with E-state index in [1.165, 1.54) is 18.5 Å². The monoisotopic (exact) mass is 248 g/mol.